The van der Waals surface area contributed by atoms with Gasteiger partial charge in [0.15, 0.2) is 0 Å². The van der Waals surface area contributed by atoms with Crippen molar-refractivity contribution >= 4 is 0 Å². The van der Waals surface area contributed by atoms with E-state index in [0.717, 1.165) is 6.42 Å². The molecule has 0 aliphatic rings. The minimum atomic E-state index is 1.02. The van der Waals surface area contributed by atoms with E-state index in [4.69, 9.17) is 0 Å². The molecule has 0 aliphatic heterocycles. The second-order valence-electron chi connectivity index (χ2n) is 3.14. The Balaban J connectivity index is 0.000000921. The summed E-state index contributed by atoms with van der Waals surface area (Å²) in [5, 5.41) is 0. The van der Waals surface area contributed by atoms with E-state index >= 15 is 0 Å². The molecule has 0 heterocycles. The maximum Gasteiger partial charge on any atom is -0.00917 e. The lowest BCUT2D eigenvalue weighted by Crippen LogP contribution is -1.80. The van der Waals surface area contributed by atoms with Crippen LogP contribution < -0.4 is 0 Å². The Bertz CT molecular complexity index is 291. The summed E-state index contributed by atoms with van der Waals surface area (Å²) < 4.78 is 0. The van der Waals surface area contributed by atoms with Crippen molar-refractivity contribution < 1.29 is 0 Å². The van der Waals surface area contributed by atoms with Gasteiger partial charge in [0.1, 0.15) is 0 Å². The zero-order valence-electron chi connectivity index (χ0n) is 10.3. The second kappa shape index (κ2) is 9.26. The van der Waals surface area contributed by atoms with Gasteiger partial charge >= 0.3 is 0 Å². The molecule has 0 radical (unpaired) electrons. The SMILES string of the molecule is C/C=C\C(C)=C\Cc1ccccc1.CC. The summed E-state index contributed by atoms with van der Waals surface area (Å²) in [5.41, 5.74) is 2.69. The summed E-state index contributed by atoms with van der Waals surface area (Å²) in [6.45, 7) is 8.17. The molecule has 82 valence electrons. The maximum absolute atomic E-state index is 2.25. The van der Waals surface area contributed by atoms with Crippen LogP contribution in [0.2, 0.25) is 0 Å². The minimum absolute atomic E-state index is 1.02. The molecule has 0 atom stereocenters. The van der Waals surface area contributed by atoms with Crippen molar-refractivity contribution in [3.63, 3.8) is 0 Å². The molecule has 1 aromatic rings. The van der Waals surface area contributed by atoms with Crippen molar-refractivity contribution in [1.82, 2.24) is 0 Å². The predicted molar refractivity (Wildman–Crippen MR) is 70.1 cm³/mol. The summed E-state index contributed by atoms with van der Waals surface area (Å²) >= 11 is 0. The second-order valence-corrected chi connectivity index (χ2v) is 3.14. The third kappa shape index (κ3) is 6.73. The van der Waals surface area contributed by atoms with Crippen molar-refractivity contribution in [2.24, 2.45) is 0 Å². The van der Waals surface area contributed by atoms with Crippen molar-refractivity contribution in [2.45, 2.75) is 34.1 Å². The highest BCUT2D eigenvalue weighted by Gasteiger charge is 1.86. The zero-order valence-corrected chi connectivity index (χ0v) is 10.3. The Kier molecular flexibility index (Phi) is 8.46. The third-order valence-electron chi connectivity index (χ3n) is 1.93. The van der Waals surface area contributed by atoms with Crippen LogP contribution in [0, 0.1) is 0 Å². The van der Waals surface area contributed by atoms with E-state index in [9.17, 15) is 0 Å². The van der Waals surface area contributed by atoms with Crippen LogP contribution in [0.5, 0.6) is 0 Å². The van der Waals surface area contributed by atoms with E-state index in [2.05, 4.69) is 49.4 Å². The minimum Gasteiger partial charge on any atom is -0.0874 e. The fourth-order valence-electron chi connectivity index (χ4n) is 1.22. The van der Waals surface area contributed by atoms with Crippen LogP contribution in [0.15, 0.2) is 54.1 Å². The van der Waals surface area contributed by atoms with Gasteiger partial charge < -0.3 is 0 Å². The van der Waals surface area contributed by atoms with Gasteiger partial charge in [0, 0.05) is 0 Å². The molecule has 0 nitrogen and oxygen atoms in total. The van der Waals surface area contributed by atoms with Gasteiger partial charge in [0.05, 0.1) is 0 Å². The maximum atomic E-state index is 2.25. The van der Waals surface area contributed by atoms with Gasteiger partial charge in [-0.25, -0.2) is 0 Å². The largest absolute Gasteiger partial charge is 0.0874 e. The Morgan fingerprint density at radius 3 is 2.27 bits per heavy atom. The van der Waals surface area contributed by atoms with Crippen molar-refractivity contribution in [3.05, 3.63) is 59.7 Å². The molecular formula is C15H22. The van der Waals surface area contributed by atoms with Crippen LogP contribution >= 0.6 is 0 Å². The average molecular weight is 202 g/mol. The van der Waals surface area contributed by atoms with E-state index in [1.54, 1.807) is 0 Å². The Hall–Kier alpha value is -1.30. The fourth-order valence-corrected chi connectivity index (χ4v) is 1.22. The molecular weight excluding hydrogens is 180 g/mol. The molecule has 0 bridgehead atoms. The number of benzene rings is 1. The van der Waals surface area contributed by atoms with E-state index in [1.807, 2.05) is 26.8 Å². The molecule has 1 aromatic carbocycles. The van der Waals surface area contributed by atoms with Gasteiger partial charge in [-0.1, -0.05) is 68.0 Å². The summed E-state index contributed by atoms with van der Waals surface area (Å²) in [6, 6.07) is 10.5. The monoisotopic (exact) mass is 202 g/mol. The van der Waals surface area contributed by atoms with Crippen LogP contribution in [0.1, 0.15) is 33.3 Å². The highest BCUT2D eigenvalue weighted by atomic mass is 13.9. The van der Waals surface area contributed by atoms with Gasteiger partial charge in [-0.3, -0.25) is 0 Å². The van der Waals surface area contributed by atoms with Gasteiger partial charge in [0.2, 0.25) is 0 Å². The molecule has 15 heavy (non-hydrogen) atoms. The molecule has 0 aromatic heterocycles. The first kappa shape index (κ1) is 13.7. The molecule has 0 aliphatic carbocycles. The fraction of sp³-hybridized carbons (Fsp3) is 0.333. The van der Waals surface area contributed by atoms with Crippen molar-refractivity contribution in [3.8, 4) is 0 Å². The number of hydrogen-bond donors (Lipinski definition) is 0. The average Bonchev–Trinajstić information content (AvgIpc) is 2.31. The number of hydrogen-bond acceptors (Lipinski definition) is 0. The molecule has 0 spiro atoms. The van der Waals surface area contributed by atoms with Crippen molar-refractivity contribution in [2.75, 3.05) is 0 Å². The lowest BCUT2D eigenvalue weighted by Gasteiger charge is -1.95. The first-order valence-corrected chi connectivity index (χ1v) is 5.66. The van der Waals surface area contributed by atoms with Crippen LogP contribution in [-0.4, -0.2) is 0 Å². The van der Waals surface area contributed by atoms with Crippen LogP contribution in [0.25, 0.3) is 0 Å². The molecule has 0 saturated carbocycles. The Morgan fingerprint density at radius 1 is 1.13 bits per heavy atom. The van der Waals surface area contributed by atoms with Crippen LogP contribution in [-0.2, 0) is 6.42 Å². The summed E-state index contributed by atoms with van der Waals surface area (Å²) in [6.07, 6.45) is 7.46. The Morgan fingerprint density at radius 2 is 1.73 bits per heavy atom. The highest BCUT2D eigenvalue weighted by Crippen LogP contribution is 2.03. The van der Waals surface area contributed by atoms with Crippen LogP contribution in [0.3, 0.4) is 0 Å². The Labute approximate surface area is 94.3 Å². The number of rotatable bonds is 3. The quantitative estimate of drug-likeness (QED) is 0.619. The molecule has 0 amide bonds. The summed E-state index contributed by atoms with van der Waals surface area (Å²) in [7, 11) is 0. The first-order valence-electron chi connectivity index (χ1n) is 5.66. The molecule has 0 unspecified atom stereocenters. The standard InChI is InChI=1S/C13H16.C2H6/c1-3-7-12(2)10-11-13-8-5-4-6-9-13;1-2/h3-10H,11H2,1-2H3;1-2H3/b7-3-,12-10+;. The smallest absolute Gasteiger partial charge is 0.00917 e. The zero-order chi connectivity index (χ0) is 11.5. The molecule has 0 saturated heterocycles. The van der Waals surface area contributed by atoms with Gasteiger partial charge in [-0.2, -0.15) is 0 Å². The molecule has 0 fully saturated rings. The molecule has 0 N–H and O–H groups in total. The van der Waals surface area contributed by atoms with Gasteiger partial charge in [-0.15, -0.1) is 0 Å². The topological polar surface area (TPSA) is 0 Å². The molecule has 1 rings (SSSR count). The third-order valence-corrected chi connectivity index (χ3v) is 1.93. The molecule has 0 heteroatoms. The van der Waals surface area contributed by atoms with E-state index in [-0.39, 0.29) is 0 Å². The van der Waals surface area contributed by atoms with Crippen LogP contribution in [0.4, 0.5) is 0 Å². The lowest BCUT2D eigenvalue weighted by atomic mass is 10.1. The van der Waals surface area contributed by atoms with E-state index in [0.29, 0.717) is 0 Å². The van der Waals surface area contributed by atoms with E-state index < -0.39 is 0 Å². The van der Waals surface area contributed by atoms with Gasteiger partial charge in [-0.05, 0) is 25.8 Å². The first-order chi connectivity index (χ1) is 7.33. The van der Waals surface area contributed by atoms with E-state index in [1.165, 1.54) is 11.1 Å². The highest BCUT2D eigenvalue weighted by molar-refractivity contribution is 5.22. The summed E-state index contributed by atoms with van der Waals surface area (Å²) in [4.78, 5) is 0. The lowest BCUT2D eigenvalue weighted by molar-refractivity contribution is 1.24. The number of allylic oxidation sites excluding steroid dienone is 4. The van der Waals surface area contributed by atoms with Crippen molar-refractivity contribution in [1.29, 1.82) is 0 Å². The van der Waals surface area contributed by atoms with Gasteiger partial charge in [0.25, 0.3) is 0 Å². The summed E-state index contributed by atoms with van der Waals surface area (Å²) in [5.74, 6) is 0. The normalized spacial score (nSPS) is 11.1. The predicted octanol–water partition coefficient (Wildman–Crippen LogP) is 4.78.